The molecular formula is C22H27Cl3FN5O2. The monoisotopic (exact) mass is 517 g/mol. The summed E-state index contributed by atoms with van der Waals surface area (Å²) < 4.78 is 25.4. The number of halogens is 4. The SMILES string of the molecule is COc1cc2ncnc(Nc3ccc(F)c(Cl)c3)c2cc1OC1CCN(CCN)CC1.Cl.Cl. The predicted molar refractivity (Wildman–Crippen MR) is 134 cm³/mol. The van der Waals surface area contributed by atoms with Crippen LogP contribution in [0.2, 0.25) is 5.02 Å². The van der Waals surface area contributed by atoms with Crippen LogP contribution in [-0.4, -0.2) is 54.3 Å². The molecule has 180 valence electrons. The molecule has 0 unspecified atom stereocenters. The number of likely N-dealkylation sites (tertiary alicyclic amines) is 1. The van der Waals surface area contributed by atoms with E-state index in [1.165, 1.54) is 18.5 Å². The van der Waals surface area contributed by atoms with E-state index in [1.807, 2.05) is 12.1 Å². The maximum atomic E-state index is 13.5. The van der Waals surface area contributed by atoms with Crippen LogP contribution in [0.4, 0.5) is 15.9 Å². The van der Waals surface area contributed by atoms with Crippen molar-refractivity contribution in [2.45, 2.75) is 18.9 Å². The van der Waals surface area contributed by atoms with Gasteiger partial charge >= 0.3 is 0 Å². The molecule has 1 aliphatic rings. The molecule has 1 saturated heterocycles. The lowest BCUT2D eigenvalue weighted by Crippen LogP contribution is -2.40. The number of benzene rings is 2. The smallest absolute Gasteiger partial charge is 0.162 e. The third-order valence-electron chi connectivity index (χ3n) is 5.38. The molecule has 1 aromatic heterocycles. The van der Waals surface area contributed by atoms with Crippen LogP contribution in [0.3, 0.4) is 0 Å². The number of nitrogens with two attached hydrogens (primary N) is 1. The molecule has 7 nitrogen and oxygen atoms in total. The molecule has 0 radical (unpaired) electrons. The fraction of sp³-hybridized carbons (Fsp3) is 0.364. The Morgan fingerprint density at radius 1 is 1.15 bits per heavy atom. The molecule has 0 spiro atoms. The summed E-state index contributed by atoms with van der Waals surface area (Å²) in [5.41, 5.74) is 6.98. The Labute approximate surface area is 209 Å². The zero-order chi connectivity index (χ0) is 21.8. The number of fused-ring (bicyclic) bond motifs is 1. The van der Waals surface area contributed by atoms with Crippen molar-refractivity contribution in [1.29, 1.82) is 0 Å². The Bertz CT molecular complexity index is 1070. The number of rotatable bonds is 7. The first kappa shape index (κ1) is 27.1. The second-order valence-electron chi connectivity index (χ2n) is 7.44. The molecular weight excluding hydrogens is 492 g/mol. The van der Waals surface area contributed by atoms with Crippen molar-refractivity contribution in [3.63, 3.8) is 0 Å². The Kier molecular flexibility index (Phi) is 10.2. The van der Waals surface area contributed by atoms with Gasteiger partial charge in [-0.05, 0) is 37.1 Å². The Balaban J connectivity index is 0.00000193. The summed E-state index contributed by atoms with van der Waals surface area (Å²) in [5.74, 6) is 1.35. The van der Waals surface area contributed by atoms with Gasteiger partial charge in [-0.1, -0.05) is 11.6 Å². The standard InChI is InChI=1S/C22H25ClFN5O2.2ClH/c1-30-20-12-19-16(11-21(20)31-15-4-7-29(8-5-15)9-6-25)22(27-13-26-19)28-14-2-3-18(24)17(23)10-14;;/h2-3,10-13,15H,4-9,25H2,1H3,(H,26,27,28);2*1H. The van der Waals surface area contributed by atoms with Gasteiger partial charge in [0.2, 0.25) is 0 Å². The van der Waals surface area contributed by atoms with Gasteiger partial charge in [0.15, 0.2) is 11.5 Å². The zero-order valence-electron chi connectivity index (χ0n) is 18.1. The number of hydrogen-bond acceptors (Lipinski definition) is 7. The van der Waals surface area contributed by atoms with E-state index in [0.717, 1.165) is 37.9 Å². The molecule has 1 aliphatic heterocycles. The lowest BCUT2D eigenvalue weighted by Gasteiger charge is -2.32. The van der Waals surface area contributed by atoms with Crippen LogP contribution < -0.4 is 20.5 Å². The molecule has 0 amide bonds. The molecule has 2 heterocycles. The van der Waals surface area contributed by atoms with Crippen molar-refractivity contribution in [1.82, 2.24) is 14.9 Å². The van der Waals surface area contributed by atoms with Crippen LogP contribution >= 0.6 is 36.4 Å². The first-order valence-corrected chi connectivity index (χ1v) is 10.6. The lowest BCUT2D eigenvalue weighted by atomic mass is 10.1. The van der Waals surface area contributed by atoms with E-state index >= 15 is 0 Å². The third kappa shape index (κ3) is 6.49. The van der Waals surface area contributed by atoms with Gasteiger partial charge in [0.25, 0.3) is 0 Å². The summed E-state index contributed by atoms with van der Waals surface area (Å²) in [6.45, 7) is 3.49. The van der Waals surface area contributed by atoms with Gasteiger partial charge in [-0.25, -0.2) is 14.4 Å². The number of ether oxygens (including phenoxy) is 2. The van der Waals surface area contributed by atoms with Crippen molar-refractivity contribution in [3.05, 3.63) is 47.5 Å². The number of hydrogen-bond donors (Lipinski definition) is 2. The molecule has 33 heavy (non-hydrogen) atoms. The minimum Gasteiger partial charge on any atom is -0.493 e. The van der Waals surface area contributed by atoms with E-state index in [0.29, 0.717) is 35.1 Å². The quantitative estimate of drug-likeness (QED) is 0.464. The first-order chi connectivity index (χ1) is 15.1. The van der Waals surface area contributed by atoms with Gasteiger partial charge in [0, 0.05) is 43.3 Å². The van der Waals surface area contributed by atoms with E-state index in [4.69, 9.17) is 26.8 Å². The van der Waals surface area contributed by atoms with E-state index in [9.17, 15) is 4.39 Å². The molecule has 11 heteroatoms. The van der Waals surface area contributed by atoms with Crippen molar-refractivity contribution < 1.29 is 13.9 Å². The second-order valence-corrected chi connectivity index (χ2v) is 7.85. The molecule has 0 saturated carbocycles. The average molecular weight is 519 g/mol. The maximum Gasteiger partial charge on any atom is 0.162 e. The summed E-state index contributed by atoms with van der Waals surface area (Å²) in [7, 11) is 1.61. The number of nitrogens with zero attached hydrogens (tertiary/aromatic N) is 3. The van der Waals surface area contributed by atoms with Gasteiger partial charge in [0.05, 0.1) is 17.6 Å². The molecule has 0 atom stereocenters. The fourth-order valence-electron chi connectivity index (χ4n) is 3.74. The summed E-state index contributed by atoms with van der Waals surface area (Å²) in [6, 6.07) is 8.14. The van der Waals surface area contributed by atoms with E-state index in [2.05, 4.69) is 20.2 Å². The fourth-order valence-corrected chi connectivity index (χ4v) is 3.92. The van der Waals surface area contributed by atoms with Crippen molar-refractivity contribution in [2.24, 2.45) is 5.73 Å². The van der Waals surface area contributed by atoms with Crippen LogP contribution in [0.25, 0.3) is 10.9 Å². The van der Waals surface area contributed by atoms with Crippen molar-refractivity contribution in [3.8, 4) is 11.5 Å². The first-order valence-electron chi connectivity index (χ1n) is 10.2. The summed E-state index contributed by atoms with van der Waals surface area (Å²) in [4.78, 5) is 11.1. The summed E-state index contributed by atoms with van der Waals surface area (Å²) >= 11 is 5.91. The molecule has 0 aliphatic carbocycles. The highest BCUT2D eigenvalue weighted by Gasteiger charge is 2.22. The third-order valence-corrected chi connectivity index (χ3v) is 5.67. The number of nitrogens with one attached hydrogen (secondary N) is 1. The molecule has 1 fully saturated rings. The molecule has 0 bridgehead atoms. The van der Waals surface area contributed by atoms with E-state index in [-0.39, 0.29) is 35.9 Å². The Morgan fingerprint density at radius 2 is 1.91 bits per heavy atom. The highest BCUT2D eigenvalue weighted by molar-refractivity contribution is 6.31. The van der Waals surface area contributed by atoms with Gasteiger partial charge in [-0.3, -0.25) is 0 Å². The number of piperidine rings is 1. The van der Waals surface area contributed by atoms with Crippen LogP contribution in [-0.2, 0) is 0 Å². The normalized spacial score (nSPS) is 14.3. The Hall–Kier alpha value is -2.10. The molecule has 3 N–H and O–H groups in total. The van der Waals surface area contributed by atoms with Crippen molar-refractivity contribution >= 4 is 58.8 Å². The maximum absolute atomic E-state index is 13.5. The molecule has 3 aromatic rings. The van der Waals surface area contributed by atoms with Crippen LogP contribution in [0, 0.1) is 5.82 Å². The summed E-state index contributed by atoms with van der Waals surface area (Å²) in [6.07, 6.45) is 3.40. The molecule has 4 rings (SSSR count). The van der Waals surface area contributed by atoms with Gasteiger partial charge < -0.3 is 25.4 Å². The topological polar surface area (TPSA) is 85.5 Å². The minimum atomic E-state index is -0.474. The number of methoxy groups -OCH3 is 1. The van der Waals surface area contributed by atoms with Gasteiger partial charge in [-0.15, -0.1) is 24.8 Å². The highest BCUT2D eigenvalue weighted by Crippen LogP contribution is 2.36. The van der Waals surface area contributed by atoms with Gasteiger partial charge in [0.1, 0.15) is 24.1 Å². The van der Waals surface area contributed by atoms with E-state index < -0.39 is 5.82 Å². The largest absolute Gasteiger partial charge is 0.493 e. The summed E-state index contributed by atoms with van der Waals surface area (Å²) in [5, 5.41) is 3.99. The number of anilines is 2. The average Bonchev–Trinajstić information content (AvgIpc) is 2.78. The van der Waals surface area contributed by atoms with Gasteiger partial charge in [-0.2, -0.15) is 0 Å². The second kappa shape index (κ2) is 12.4. The Morgan fingerprint density at radius 3 is 2.58 bits per heavy atom. The lowest BCUT2D eigenvalue weighted by molar-refractivity contribution is 0.0998. The number of aromatic nitrogens is 2. The molecule has 2 aromatic carbocycles. The van der Waals surface area contributed by atoms with E-state index in [1.54, 1.807) is 13.2 Å². The predicted octanol–water partition coefficient (Wildman–Crippen LogP) is 4.82. The highest BCUT2D eigenvalue weighted by atomic mass is 35.5. The minimum absolute atomic E-state index is 0. The van der Waals surface area contributed by atoms with Crippen molar-refractivity contribution in [2.75, 3.05) is 38.6 Å². The van der Waals surface area contributed by atoms with Crippen LogP contribution in [0.5, 0.6) is 11.5 Å². The van der Waals surface area contributed by atoms with Crippen LogP contribution in [0.1, 0.15) is 12.8 Å². The van der Waals surface area contributed by atoms with Crippen LogP contribution in [0.15, 0.2) is 36.7 Å². The zero-order valence-corrected chi connectivity index (χ0v) is 20.5.